The van der Waals surface area contributed by atoms with Gasteiger partial charge < -0.3 is 9.84 Å². The van der Waals surface area contributed by atoms with E-state index >= 15 is 0 Å². The third kappa shape index (κ3) is 4.84. The minimum atomic E-state index is -3.12. The van der Waals surface area contributed by atoms with Gasteiger partial charge in [0, 0.05) is 31.5 Å². The molecule has 1 aromatic rings. The number of nitrogens with zero attached hydrogens (tertiary/aromatic N) is 2. The highest BCUT2D eigenvalue weighted by Gasteiger charge is 2.28. The van der Waals surface area contributed by atoms with E-state index in [0.29, 0.717) is 31.3 Å². The van der Waals surface area contributed by atoms with Crippen molar-refractivity contribution in [1.29, 1.82) is 0 Å². The normalized spacial score (nSPS) is 17.3. The van der Waals surface area contributed by atoms with Crippen LogP contribution in [-0.4, -0.2) is 43.4 Å². The van der Waals surface area contributed by atoms with Crippen LogP contribution in [0.2, 0.25) is 0 Å². The predicted octanol–water partition coefficient (Wildman–Crippen LogP) is 0.407. The summed E-state index contributed by atoms with van der Waals surface area (Å²) in [6.07, 6.45) is 2.97. The second-order valence-electron chi connectivity index (χ2n) is 5.18. The molecule has 1 aromatic heterocycles. The van der Waals surface area contributed by atoms with Crippen molar-refractivity contribution in [3.63, 3.8) is 0 Å². The maximum absolute atomic E-state index is 11.3. The quantitative estimate of drug-likeness (QED) is 0.685. The smallest absolute Gasteiger partial charge is 0.227 e. The Morgan fingerprint density at radius 3 is 2.85 bits per heavy atom. The van der Waals surface area contributed by atoms with E-state index in [-0.39, 0.29) is 11.8 Å². The predicted molar refractivity (Wildman–Crippen MR) is 74.9 cm³/mol. The van der Waals surface area contributed by atoms with Crippen LogP contribution in [-0.2, 0) is 16.4 Å². The lowest BCUT2D eigenvalue weighted by Crippen LogP contribution is -2.40. The fourth-order valence-electron chi connectivity index (χ4n) is 1.73. The Hall–Kier alpha value is -0.990. The molecule has 7 nitrogen and oxygen atoms in total. The Morgan fingerprint density at radius 2 is 2.20 bits per heavy atom. The molecule has 1 aliphatic carbocycles. The minimum absolute atomic E-state index is 0.0575. The van der Waals surface area contributed by atoms with Gasteiger partial charge in [-0.1, -0.05) is 5.16 Å². The van der Waals surface area contributed by atoms with E-state index in [4.69, 9.17) is 4.52 Å². The molecule has 0 spiro atoms. The number of hydrogen-bond acceptors (Lipinski definition) is 6. The first kappa shape index (κ1) is 15.4. The van der Waals surface area contributed by atoms with Gasteiger partial charge in [-0.3, -0.25) is 0 Å². The van der Waals surface area contributed by atoms with Crippen LogP contribution in [0.5, 0.6) is 0 Å². The molecule has 1 heterocycles. The Kier molecular flexibility index (Phi) is 5.11. The molecule has 20 heavy (non-hydrogen) atoms. The highest BCUT2D eigenvalue weighted by Crippen LogP contribution is 2.38. The fraction of sp³-hybridized carbons (Fsp3) is 0.833. The van der Waals surface area contributed by atoms with Crippen molar-refractivity contribution < 1.29 is 12.9 Å². The lowest BCUT2D eigenvalue weighted by atomic mass is 10.3. The summed E-state index contributed by atoms with van der Waals surface area (Å²) in [6, 6.07) is 0.0575. The summed E-state index contributed by atoms with van der Waals surface area (Å²) in [7, 11) is -3.12. The summed E-state index contributed by atoms with van der Waals surface area (Å²) >= 11 is 0. The molecule has 114 valence electrons. The first-order valence-electron chi connectivity index (χ1n) is 7.03. The van der Waals surface area contributed by atoms with E-state index < -0.39 is 10.0 Å². The van der Waals surface area contributed by atoms with Gasteiger partial charge in [-0.05, 0) is 26.7 Å². The molecular weight excluding hydrogens is 280 g/mol. The molecule has 1 saturated carbocycles. The third-order valence-corrected chi connectivity index (χ3v) is 4.61. The highest BCUT2D eigenvalue weighted by atomic mass is 32.2. The lowest BCUT2D eigenvalue weighted by Gasteiger charge is -2.13. The van der Waals surface area contributed by atoms with Crippen molar-refractivity contribution in [3.05, 3.63) is 11.7 Å². The molecule has 1 aliphatic rings. The summed E-state index contributed by atoms with van der Waals surface area (Å²) < 4.78 is 30.3. The van der Waals surface area contributed by atoms with Crippen molar-refractivity contribution in [2.75, 3.05) is 18.8 Å². The second kappa shape index (κ2) is 6.64. The molecule has 2 rings (SSSR count). The van der Waals surface area contributed by atoms with Gasteiger partial charge in [0.05, 0.1) is 5.75 Å². The van der Waals surface area contributed by atoms with Crippen molar-refractivity contribution in [1.82, 2.24) is 20.2 Å². The molecule has 1 atom stereocenters. The van der Waals surface area contributed by atoms with E-state index in [9.17, 15) is 8.42 Å². The number of nitrogens with one attached hydrogen (secondary N) is 2. The molecule has 0 aliphatic heterocycles. The minimum Gasteiger partial charge on any atom is -0.339 e. The molecular formula is C12H22N4O3S. The Morgan fingerprint density at radius 1 is 1.45 bits per heavy atom. The molecule has 0 radical (unpaired) electrons. The molecule has 0 bridgehead atoms. The lowest BCUT2D eigenvalue weighted by molar-refractivity contribution is 0.368. The van der Waals surface area contributed by atoms with E-state index in [0.717, 1.165) is 18.7 Å². The van der Waals surface area contributed by atoms with Crippen molar-refractivity contribution in [3.8, 4) is 0 Å². The maximum Gasteiger partial charge on any atom is 0.227 e. The fourth-order valence-corrected chi connectivity index (χ4v) is 2.44. The van der Waals surface area contributed by atoms with Crippen molar-refractivity contribution in [2.24, 2.45) is 0 Å². The van der Waals surface area contributed by atoms with Gasteiger partial charge in [0.2, 0.25) is 15.9 Å². The van der Waals surface area contributed by atoms with Crippen LogP contribution in [0.15, 0.2) is 4.52 Å². The summed E-state index contributed by atoms with van der Waals surface area (Å²) in [5.41, 5.74) is 0. The molecule has 8 heteroatoms. The van der Waals surface area contributed by atoms with Gasteiger partial charge in [0.1, 0.15) is 0 Å². The van der Waals surface area contributed by atoms with Crippen LogP contribution in [0.1, 0.15) is 44.3 Å². The van der Waals surface area contributed by atoms with Gasteiger partial charge in [0.15, 0.2) is 5.82 Å². The first-order valence-corrected chi connectivity index (χ1v) is 8.68. The standard InChI is InChI=1S/C12H22N4O3S/c1-3-20(17,18)14-8-9(2)13-7-6-11-15-12(16-19-11)10-4-5-10/h9-10,13-14H,3-8H2,1-2H3/t9-/m1/s1. The van der Waals surface area contributed by atoms with Crippen LogP contribution >= 0.6 is 0 Å². The Bertz CT molecular complexity index is 525. The highest BCUT2D eigenvalue weighted by molar-refractivity contribution is 7.89. The number of hydrogen-bond donors (Lipinski definition) is 2. The van der Waals surface area contributed by atoms with Crippen LogP contribution in [0.4, 0.5) is 0 Å². The Balaban J connectivity index is 1.64. The number of aromatic nitrogens is 2. The van der Waals surface area contributed by atoms with Crippen molar-refractivity contribution >= 4 is 10.0 Å². The van der Waals surface area contributed by atoms with Crippen LogP contribution in [0.25, 0.3) is 0 Å². The van der Waals surface area contributed by atoms with Crippen LogP contribution in [0, 0.1) is 0 Å². The molecule has 0 unspecified atom stereocenters. The van der Waals surface area contributed by atoms with Crippen LogP contribution < -0.4 is 10.0 Å². The van der Waals surface area contributed by atoms with Gasteiger partial charge in [-0.25, -0.2) is 13.1 Å². The SMILES string of the molecule is CCS(=O)(=O)NC[C@@H](C)NCCc1nc(C2CC2)no1. The summed E-state index contributed by atoms with van der Waals surface area (Å²) in [5.74, 6) is 2.07. The molecule has 0 saturated heterocycles. The zero-order chi connectivity index (χ0) is 14.6. The number of rotatable bonds is 9. The Labute approximate surface area is 119 Å². The summed E-state index contributed by atoms with van der Waals surface area (Å²) in [4.78, 5) is 4.34. The van der Waals surface area contributed by atoms with Crippen LogP contribution in [0.3, 0.4) is 0 Å². The number of sulfonamides is 1. The third-order valence-electron chi connectivity index (χ3n) is 3.25. The zero-order valence-electron chi connectivity index (χ0n) is 11.9. The van der Waals surface area contributed by atoms with E-state index in [1.165, 1.54) is 0 Å². The van der Waals surface area contributed by atoms with E-state index in [1.54, 1.807) is 6.92 Å². The summed E-state index contributed by atoms with van der Waals surface area (Å²) in [6.45, 7) is 4.61. The monoisotopic (exact) mass is 302 g/mol. The van der Waals surface area contributed by atoms with Gasteiger partial charge in [-0.2, -0.15) is 4.98 Å². The molecule has 0 aromatic carbocycles. The molecule has 0 amide bonds. The molecule has 1 fully saturated rings. The average Bonchev–Trinajstić information content (AvgIpc) is 3.17. The zero-order valence-corrected chi connectivity index (χ0v) is 12.7. The summed E-state index contributed by atoms with van der Waals surface area (Å²) in [5, 5.41) is 7.18. The van der Waals surface area contributed by atoms with E-state index in [1.807, 2.05) is 6.92 Å². The van der Waals surface area contributed by atoms with E-state index in [2.05, 4.69) is 20.2 Å². The first-order chi connectivity index (χ1) is 9.50. The van der Waals surface area contributed by atoms with Gasteiger partial charge >= 0.3 is 0 Å². The van der Waals surface area contributed by atoms with Crippen molar-refractivity contribution in [2.45, 2.75) is 45.1 Å². The van der Waals surface area contributed by atoms with Gasteiger partial charge in [0.25, 0.3) is 0 Å². The van der Waals surface area contributed by atoms with Gasteiger partial charge in [-0.15, -0.1) is 0 Å². The maximum atomic E-state index is 11.3. The topological polar surface area (TPSA) is 97.1 Å². The average molecular weight is 302 g/mol. The largest absolute Gasteiger partial charge is 0.339 e. The second-order valence-corrected chi connectivity index (χ2v) is 7.27. The molecule has 2 N–H and O–H groups in total.